The van der Waals surface area contributed by atoms with Crippen LogP contribution < -0.4 is 20.1 Å². The number of anilines is 1. The number of imidazole rings is 1. The van der Waals surface area contributed by atoms with Crippen molar-refractivity contribution in [3.63, 3.8) is 0 Å². The summed E-state index contributed by atoms with van der Waals surface area (Å²) in [6.07, 6.45) is 5.04. The van der Waals surface area contributed by atoms with Crippen molar-refractivity contribution in [1.82, 2.24) is 24.8 Å². The molecular weight excluding hydrogens is 360 g/mol. The highest BCUT2D eigenvalue weighted by Gasteiger charge is 2.07. The number of hydrogen-bond acceptors (Lipinski definition) is 7. The molecule has 0 aliphatic carbocycles. The number of amides is 1. The molecular formula is C19H22N6O3. The summed E-state index contributed by atoms with van der Waals surface area (Å²) in [6, 6.07) is 9.01. The second-order valence-electron chi connectivity index (χ2n) is 5.82. The molecule has 0 spiro atoms. The van der Waals surface area contributed by atoms with E-state index in [4.69, 9.17) is 9.47 Å². The molecule has 9 heteroatoms. The maximum atomic E-state index is 11.9. The molecule has 2 N–H and O–H groups in total. The molecule has 0 saturated carbocycles. The SMILES string of the molecule is COc1ccccc1OCC(=O)NCCNc1cc(-n2ccnc2C)ncn1. The molecule has 1 amide bonds. The van der Waals surface area contributed by atoms with Crippen molar-refractivity contribution in [2.24, 2.45) is 0 Å². The van der Waals surface area contributed by atoms with Gasteiger partial charge in [-0.3, -0.25) is 9.36 Å². The topological polar surface area (TPSA) is 103 Å². The van der Waals surface area contributed by atoms with Crippen molar-refractivity contribution in [3.8, 4) is 17.3 Å². The summed E-state index contributed by atoms with van der Waals surface area (Å²) in [5.41, 5.74) is 0. The molecule has 0 aliphatic heterocycles. The van der Waals surface area contributed by atoms with Crippen LogP contribution in [0.25, 0.3) is 5.82 Å². The molecule has 3 rings (SSSR count). The summed E-state index contributed by atoms with van der Waals surface area (Å²) < 4.78 is 12.5. The first-order valence-electron chi connectivity index (χ1n) is 8.76. The van der Waals surface area contributed by atoms with Gasteiger partial charge in [0.25, 0.3) is 5.91 Å². The normalized spacial score (nSPS) is 10.4. The van der Waals surface area contributed by atoms with Crippen LogP contribution in [-0.2, 0) is 4.79 Å². The molecule has 9 nitrogen and oxygen atoms in total. The van der Waals surface area contributed by atoms with E-state index in [0.29, 0.717) is 30.4 Å². The number of para-hydroxylation sites is 2. The Hall–Kier alpha value is -3.62. The minimum absolute atomic E-state index is 0.0854. The van der Waals surface area contributed by atoms with Gasteiger partial charge in [0.15, 0.2) is 18.1 Å². The lowest BCUT2D eigenvalue weighted by molar-refractivity contribution is -0.123. The molecule has 2 aromatic heterocycles. The van der Waals surface area contributed by atoms with Gasteiger partial charge in [-0.05, 0) is 19.1 Å². The highest BCUT2D eigenvalue weighted by molar-refractivity contribution is 5.77. The molecule has 28 heavy (non-hydrogen) atoms. The molecule has 3 aromatic rings. The van der Waals surface area contributed by atoms with Crippen molar-refractivity contribution in [1.29, 1.82) is 0 Å². The average Bonchev–Trinajstić information content (AvgIpc) is 3.16. The summed E-state index contributed by atoms with van der Waals surface area (Å²) in [6.45, 7) is 2.76. The van der Waals surface area contributed by atoms with Gasteiger partial charge in [-0.25, -0.2) is 15.0 Å². The number of nitrogens with zero attached hydrogens (tertiary/aromatic N) is 4. The lowest BCUT2D eigenvalue weighted by Crippen LogP contribution is -2.32. The van der Waals surface area contributed by atoms with Crippen LogP contribution >= 0.6 is 0 Å². The monoisotopic (exact) mass is 382 g/mol. The quantitative estimate of drug-likeness (QED) is 0.542. The minimum Gasteiger partial charge on any atom is -0.493 e. The molecule has 0 atom stereocenters. The van der Waals surface area contributed by atoms with E-state index in [9.17, 15) is 4.79 Å². The fourth-order valence-corrected chi connectivity index (χ4v) is 2.52. The third-order valence-corrected chi connectivity index (χ3v) is 3.91. The summed E-state index contributed by atoms with van der Waals surface area (Å²) in [5, 5.41) is 5.94. The van der Waals surface area contributed by atoms with Crippen LogP contribution in [0.4, 0.5) is 5.82 Å². The lowest BCUT2D eigenvalue weighted by atomic mass is 10.3. The number of benzene rings is 1. The molecule has 0 aliphatic rings. The fourth-order valence-electron chi connectivity index (χ4n) is 2.52. The van der Waals surface area contributed by atoms with Gasteiger partial charge in [0, 0.05) is 31.5 Å². The Kier molecular flexibility index (Phi) is 6.40. The molecule has 0 fully saturated rings. The van der Waals surface area contributed by atoms with Gasteiger partial charge in [0.1, 0.15) is 23.8 Å². The van der Waals surface area contributed by atoms with E-state index in [0.717, 1.165) is 11.6 Å². The fraction of sp³-hybridized carbons (Fsp3) is 0.263. The van der Waals surface area contributed by atoms with Crippen LogP contribution in [0.3, 0.4) is 0 Å². The maximum Gasteiger partial charge on any atom is 0.258 e. The van der Waals surface area contributed by atoms with Crippen molar-refractivity contribution in [2.75, 3.05) is 32.1 Å². The third-order valence-electron chi connectivity index (χ3n) is 3.91. The summed E-state index contributed by atoms with van der Waals surface area (Å²) >= 11 is 0. The van der Waals surface area contributed by atoms with E-state index in [1.54, 1.807) is 25.4 Å². The van der Waals surface area contributed by atoms with Gasteiger partial charge >= 0.3 is 0 Å². The van der Waals surface area contributed by atoms with E-state index < -0.39 is 0 Å². The molecule has 0 unspecified atom stereocenters. The number of rotatable bonds is 9. The van der Waals surface area contributed by atoms with Crippen molar-refractivity contribution in [2.45, 2.75) is 6.92 Å². The van der Waals surface area contributed by atoms with E-state index in [-0.39, 0.29) is 12.5 Å². The van der Waals surface area contributed by atoms with E-state index >= 15 is 0 Å². The van der Waals surface area contributed by atoms with Crippen LogP contribution in [0, 0.1) is 6.92 Å². The van der Waals surface area contributed by atoms with Gasteiger partial charge < -0.3 is 20.1 Å². The first-order chi connectivity index (χ1) is 13.7. The zero-order valence-corrected chi connectivity index (χ0v) is 15.8. The van der Waals surface area contributed by atoms with E-state index in [1.165, 1.54) is 6.33 Å². The highest BCUT2D eigenvalue weighted by atomic mass is 16.5. The Morgan fingerprint density at radius 1 is 1.14 bits per heavy atom. The first kappa shape index (κ1) is 19.2. The number of hydrogen-bond donors (Lipinski definition) is 2. The van der Waals surface area contributed by atoms with Crippen molar-refractivity contribution < 1.29 is 14.3 Å². The maximum absolute atomic E-state index is 11.9. The smallest absolute Gasteiger partial charge is 0.258 e. The Morgan fingerprint density at radius 2 is 1.96 bits per heavy atom. The number of carbonyl (C=O) groups is 1. The Bertz CT molecular complexity index is 927. The van der Waals surface area contributed by atoms with Gasteiger partial charge in [-0.15, -0.1) is 0 Å². The van der Waals surface area contributed by atoms with Gasteiger partial charge in [-0.1, -0.05) is 12.1 Å². The number of methoxy groups -OCH3 is 1. The molecule has 0 bridgehead atoms. The highest BCUT2D eigenvalue weighted by Crippen LogP contribution is 2.25. The van der Waals surface area contributed by atoms with E-state index in [1.807, 2.05) is 35.9 Å². The van der Waals surface area contributed by atoms with E-state index in [2.05, 4.69) is 25.6 Å². The lowest BCUT2D eigenvalue weighted by Gasteiger charge is -2.11. The second kappa shape index (κ2) is 9.36. The number of aryl methyl sites for hydroxylation is 1. The second-order valence-corrected chi connectivity index (χ2v) is 5.82. The molecule has 0 saturated heterocycles. The summed E-state index contributed by atoms with van der Waals surface area (Å²) in [7, 11) is 1.56. The predicted octanol–water partition coefficient (Wildman–Crippen LogP) is 1.59. The number of ether oxygens (including phenoxy) is 2. The molecule has 2 heterocycles. The largest absolute Gasteiger partial charge is 0.493 e. The number of aromatic nitrogens is 4. The van der Waals surface area contributed by atoms with Crippen LogP contribution in [-0.4, -0.2) is 52.2 Å². The molecule has 146 valence electrons. The third kappa shape index (κ3) is 4.97. The minimum atomic E-state index is -0.217. The zero-order valence-electron chi connectivity index (χ0n) is 15.8. The van der Waals surface area contributed by atoms with Crippen LogP contribution in [0.2, 0.25) is 0 Å². The van der Waals surface area contributed by atoms with Crippen LogP contribution in [0.15, 0.2) is 49.1 Å². The van der Waals surface area contributed by atoms with Crippen molar-refractivity contribution >= 4 is 11.7 Å². The van der Waals surface area contributed by atoms with Gasteiger partial charge in [0.2, 0.25) is 0 Å². The van der Waals surface area contributed by atoms with Gasteiger partial charge in [-0.2, -0.15) is 0 Å². The first-order valence-corrected chi connectivity index (χ1v) is 8.76. The standard InChI is InChI=1S/C19H22N6O3/c1-14-20-9-10-25(14)18-11-17(23-13-24-18)21-7-8-22-19(26)12-28-16-6-4-3-5-15(16)27-2/h3-6,9-11,13H,7-8,12H2,1-2H3,(H,22,26)(H,21,23,24). The number of carbonyl (C=O) groups excluding carboxylic acids is 1. The Morgan fingerprint density at radius 3 is 2.71 bits per heavy atom. The number of nitrogens with one attached hydrogen (secondary N) is 2. The van der Waals surface area contributed by atoms with Crippen LogP contribution in [0.1, 0.15) is 5.82 Å². The predicted molar refractivity (Wildman–Crippen MR) is 104 cm³/mol. The average molecular weight is 382 g/mol. The van der Waals surface area contributed by atoms with Crippen LogP contribution in [0.5, 0.6) is 11.5 Å². The van der Waals surface area contributed by atoms with Crippen molar-refractivity contribution in [3.05, 3.63) is 54.9 Å². The Balaban J connectivity index is 1.42. The zero-order chi connectivity index (χ0) is 19.8. The Labute approximate surface area is 162 Å². The summed E-state index contributed by atoms with van der Waals surface area (Å²) in [4.78, 5) is 24.5. The molecule has 1 aromatic carbocycles. The summed E-state index contributed by atoms with van der Waals surface area (Å²) in [5.74, 6) is 3.13. The van der Waals surface area contributed by atoms with Gasteiger partial charge in [0.05, 0.1) is 7.11 Å². The molecule has 0 radical (unpaired) electrons.